The van der Waals surface area contributed by atoms with Crippen LogP contribution < -0.4 is 0 Å². The average Bonchev–Trinajstić information content (AvgIpc) is 3.34. The van der Waals surface area contributed by atoms with Crippen molar-refractivity contribution in [3.63, 3.8) is 0 Å². The first kappa shape index (κ1) is 18.4. The maximum Gasteiger partial charge on any atom is 0.330 e. The van der Waals surface area contributed by atoms with E-state index in [-0.39, 0.29) is 17.6 Å². The van der Waals surface area contributed by atoms with E-state index >= 15 is 0 Å². The van der Waals surface area contributed by atoms with Crippen LogP contribution in [-0.4, -0.2) is 18.4 Å². The highest BCUT2D eigenvalue weighted by atomic mass is 19.1. The summed E-state index contributed by atoms with van der Waals surface area (Å²) in [6.07, 6.45) is 9.92. The van der Waals surface area contributed by atoms with Crippen molar-refractivity contribution >= 4 is 17.8 Å². The Morgan fingerprint density at radius 3 is 2.25 bits per heavy atom. The lowest BCUT2D eigenvalue weighted by Gasteiger charge is -2.17. The Hall–Kier alpha value is -3.01. The van der Waals surface area contributed by atoms with E-state index in [1.807, 2.05) is 0 Å². The van der Waals surface area contributed by atoms with Gasteiger partial charge in [0.1, 0.15) is 5.82 Å². The number of allylic oxidation sites excluding steroid dienone is 2. The molecule has 0 saturated heterocycles. The summed E-state index contributed by atoms with van der Waals surface area (Å²) in [4.78, 5) is 24.3. The standard InChI is InChI=1S/C24H21FO3/c25-22-10-8-19(9-11-22)24(27)18-5-1-16(2-6-18)4-12-23(26)28-15-21-14-17-3-7-20(21)13-17/h1-12,17,20-21H,13-15H2. The van der Waals surface area contributed by atoms with Gasteiger partial charge in [-0.05, 0) is 66.5 Å². The highest BCUT2D eigenvalue weighted by molar-refractivity contribution is 6.09. The molecule has 2 aliphatic carbocycles. The van der Waals surface area contributed by atoms with E-state index in [1.54, 1.807) is 30.3 Å². The minimum atomic E-state index is -0.374. The molecule has 0 heterocycles. The van der Waals surface area contributed by atoms with Crippen molar-refractivity contribution in [2.75, 3.05) is 6.61 Å². The molecular formula is C24H21FO3. The number of benzene rings is 2. The molecule has 3 unspecified atom stereocenters. The molecule has 0 aliphatic heterocycles. The third-order valence-electron chi connectivity index (χ3n) is 5.55. The summed E-state index contributed by atoms with van der Waals surface area (Å²) in [6.45, 7) is 0.472. The second kappa shape index (κ2) is 7.93. The summed E-state index contributed by atoms with van der Waals surface area (Å²) in [6, 6.07) is 12.4. The molecular weight excluding hydrogens is 355 g/mol. The molecule has 28 heavy (non-hydrogen) atoms. The highest BCUT2D eigenvalue weighted by Crippen LogP contribution is 2.43. The molecule has 0 spiro atoms. The number of fused-ring (bicyclic) bond motifs is 2. The largest absolute Gasteiger partial charge is 0.462 e. The Morgan fingerprint density at radius 2 is 1.64 bits per heavy atom. The molecule has 0 N–H and O–H groups in total. The summed E-state index contributed by atoms with van der Waals surface area (Å²) < 4.78 is 18.4. The quantitative estimate of drug-likeness (QED) is 0.314. The number of hydrogen-bond acceptors (Lipinski definition) is 3. The van der Waals surface area contributed by atoms with Gasteiger partial charge in [-0.15, -0.1) is 0 Å². The first-order valence-corrected chi connectivity index (χ1v) is 9.52. The molecule has 1 saturated carbocycles. The molecule has 3 nitrogen and oxygen atoms in total. The number of ether oxygens (including phenoxy) is 1. The first-order valence-electron chi connectivity index (χ1n) is 9.52. The van der Waals surface area contributed by atoms with Gasteiger partial charge in [0.15, 0.2) is 5.78 Å². The van der Waals surface area contributed by atoms with Crippen LogP contribution in [0.3, 0.4) is 0 Å². The van der Waals surface area contributed by atoms with Gasteiger partial charge in [0.2, 0.25) is 0 Å². The number of esters is 1. The van der Waals surface area contributed by atoms with Crippen molar-refractivity contribution in [1.82, 2.24) is 0 Å². The highest BCUT2D eigenvalue weighted by Gasteiger charge is 2.36. The van der Waals surface area contributed by atoms with Crippen LogP contribution in [0.15, 0.2) is 66.8 Å². The zero-order valence-corrected chi connectivity index (χ0v) is 15.4. The van der Waals surface area contributed by atoms with E-state index in [9.17, 15) is 14.0 Å². The van der Waals surface area contributed by atoms with Crippen molar-refractivity contribution < 1.29 is 18.7 Å². The lowest BCUT2D eigenvalue weighted by atomic mass is 9.95. The summed E-state index contributed by atoms with van der Waals surface area (Å²) in [7, 11) is 0. The maximum absolute atomic E-state index is 13.0. The van der Waals surface area contributed by atoms with Crippen LogP contribution in [0, 0.1) is 23.6 Å². The SMILES string of the molecule is O=C(C=Cc1ccc(C(=O)c2ccc(F)cc2)cc1)OCC1CC2C=CC1C2. The molecule has 2 aromatic rings. The van der Waals surface area contributed by atoms with E-state index < -0.39 is 0 Å². The van der Waals surface area contributed by atoms with Crippen LogP contribution in [-0.2, 0) is 9.53 Å². The second-order valence-corrected chi connectivity index (χ2v) is 7.46. The minimum Gasteiger partial charge on any atom is -0.462 e. The van der Waals surface area contributed by atoms with Crippen molar-refractivity contribution in [1.29, 1.82) is 0 Å². The zero-order chi connectivity index (χ0) is 19.5. The van der Waals surface area contributed by atoms with Crippen molar-refractivity contribution in [2.24, 2.45) is 17.8 Å². The molecule has 4 rings (SSSR count). The molecule has 0 radical (unpaired) electrons. The van der Waals surface area contributed by atoms with Crippen molar-refractivity contribution in [2.45, 2.75) is 12.8 Å². The Kier molecular flexibility index (Phi) is 5.20. The maximum atomic E-state index is 13.0. The van der Waals surface area contributed by atoms with Gasteiger partial charge in [-0.3, -0.25) is 4.79 Å². The second-order valence-electron chi connectivity index (χ2n) is 7.46. The van der Waals surface area contributed by atoms with Gasteiger partial charge < -0.3 is 4.74 Å². The zero-order valence-electron chi connectivity index (χ0n) is 15.4. The predicted molar refractivity (Wildman–Crippen MR) is 105 cm³/mol. The van der Waals surface area contributed by atoms with Crippen LogP contribution in [0.25, 0.3) is 6.08 Å². The number of rotatable bonds is 6. The molecule has 0 aromatic heterocycles. The summed E-state index contributed by atoms with van der Waals surface area (Å²) >= 11 is 0. The van der Waals surface area contributed by atoms with Crippen LogP contribution in [0.1, 0.15) is 34.3 Å². The van der Waals surface area contributed by atoms with Crippen molar-refractivity contribution in [3.05, 3.63) is 89.3 Å². The Balaban J connectivity index is 1.31. The fourth-order valence-corrected chi connectivity index (χ4v) is 4.00. The lowest BCUT2D eigenvalue weighted by molar-refractivity contribution is -0.139. The predicted octanol–water partition coefficient (Wildman–Crippen LogP) is 4.83. The van der Waals surface area contributed by atoms with Gasteiger partial charge in [-0.2, -0.15) is 0 Å². The summed E-state index contributed by atoms with van der Waals surface area (Å²) in [5.74, 6) is 0.784. The van der Waals surface area contributed by atoms with Gasteiger partial charge in [0.05, 0.1) is 6.61 Å². The fraction of sp³-hybridized carbons (Fsp3) is 0.250. The van der Waals surface area contributed by atoms with Gasteiger partial charge in [-0.25, -0.2) is 9.18 Å². The molecule has 2 bridgehead atoms. The monoisotopic (exact) mass is 376 g/mol. The smallest absolute Gasteiger partial charge is 0.330 e. The van der Waals surface area contributed by atoms with Crippen molar-refractivity contribution in [3.8, 4) is 0 Å². The van der Waals surface area contributed by atoms with Crippen LogP contribution in [0.2, 0.25) is 0 Å². The number of hydrogen-bond donors (Lipinski definition) is 0. The van der Waals surface area contributed by atoms with Crippen LogP contribution >= 0.6 is 0 Å². The molecule has 142 valence electrons. The fourth-order valence-electron chi connectivity index (χ4n) is 4.00. The number of carbonyl (C=O) groups is 2. The van der Waals surface area contributed by atoms with Crippen LogP contribution in [0.5, 0.6) is 0 Å². The molecule has 2 aliphatic rings. The summed E-state index contributed by atoms with van der Waals surface area (Å²) in [5.41, 5.74) is 1.75. The number of halogens is 1. The first-order chi connectivity index (χ1) is 13.6. The molecule has 3 atom stereocenters. The van der Waals surface area contributed by atoms with E-state index in [0.717, 1.165) is 12.0 Å². The Labute approximate surface area is 163 Å². The van der Waals surface area contributed by atoms with Gasteiger partial charge in [-0.1, -0.05) is 36.4 Å². The third kappa shape index (κ3) is 4.11. The van der Waals surface area contributed by atoms with Gasteiger partial charge in [0.25, 0.3) is 0 Å². The Morgan fingerprint density at radius 1 is 0.964 bits per heavy atom. The van der Waals surface area contributed by atoms with Gasteiger partial charge >= 0.3 is 5.97 Å². The molecule has 1 fully saturated rings. The van der Waals surface area contributed by atoms with Gasteiger partial charge in [0, 0.05) is 17.2 Å². The third-order valence-corrected chi connectivity index (χ3v) is 5.55. The normalized spacial score (nSPS) is 22.7. The average molecular weight is 376 g/mol. The van der Waals surface area contributed by atoms with E-state index in [1.165, 1.54) is 36.8 Å². The minimum absolute atomic E-state index is 0.171. The van der Waals surface area contributed by atoms with E-state index in [0.29, 0.717) is 35.5 Å². The lowest BCUT2D eigenvalue weighted by Crippen LogP contribution is -2.16. The van der Waals surface area contributed by atoms with E-state index in [2.05, 4.69) is 12.2 Å². The number of ketones is 1. The topological polar surface area (TPSA) is 43.4 Å². The number of carbonyl (C=O) groups excluding carboxylic acids is 2. The molecule has 4 heteroatoms. The Bertz CT molecular complexity index is 925. The summed E-state index contributed by atoms with van der Waals surface area (Å²) in [5, 5.41) is 0. The molecule has 2 aromatic carbocycles. The van der Waals surface area contributed by atoms with E-state index in [4.69, 9.17) is 4.74 Å². The van der Waals surface area contributed by atoms with Crippen LogP contribution in [0.4, 0.5) is 4.39 Å². The molecule has 0 amide bonds.